The van der Waals surface area contributed by atoms with Gasteiger partial charge < -0.3 is 15.2 Å². The fourth-order valence-corrected chi connectivity index (χ4v) is 1.54. The monoisotopic (exact) mass is 319 g/mol. The van der Waals surface area contributed by atoms with E-state index in [1.165, 1.54) is 6.07 Å². The van der Waals surface area contributed by atoms with Crippen LogP contribution in [0.2, 0.25) is 10.0 Å². The number of hydrogen-bond donors (Lipinski definition) is 2. The maximum atomic E-state index is 11.8. The summed E-state index contributed by atoms with van der Waals surface area (Å²) in [6.07, 6.45) is 0. The molecular formula is C14H19Cl2NO3. The molecule has 0 saturated heterocycles. The van der Waals surface area contributed by atoms with Crippen LogP contribution in [0, 0.1) is 0 Å². The van der Waals surface area contributed by atoms with Crippen molar-refractivity contribution in [2.24, 2.45) is 0 Å². The molecule has 0 fully saturated rings. The second kappa shape index (κ2) is 6.20. The quantitative estimate of drug-likeness (QED) is 0.877. The summed E-state index contributed by atoms with van der Waals surface area (Å²) < 4.78 is 5.33. The SMILES string of the molecule is CC(C)(O)C(C)(C)NC(=O)COc1ccc(Cl)c(Cl)c1. The van der Waals surface area contributed by atoms with Crippen molar-refractivity contribution in [1.82, 2.24) is 5.32 Å². The molecule has 0 aliphatic heterocycles. The van der Waals surface area contributed by atoms with E-state index < -0.39 is 11.1 Å². The summed E-state index contributed by atoms with van der Waals surface area (Å²) in [5.41, 5.74) is -1.82. The summed E-state index contributed by atoms with van der Waals surface area (Å²) in [5, 5.41) is 13.5. The predicted octanol–water partition coefficient (Wildman–Crippen LogP) is 3.04. The second-order valence-corrected chi connectivity index (χ2v) is 6.41. The molecule has 0 aliphatic rings. The summed E-state index contributed by atoms with van der Waals surface area (Å²) in [6, 6.07) is 4.76. The van der Waals surface area contributed by atoms with E-state index in [-0.39, 0.29) is 12.5 Å². The minimum absolute atomic E-state index is 0.169. The Kier molecular flexibility index (Phi) is 5.30. The number of halogens is 2. The van der Waals surface area contributed by atoms with Gasteiger partial charge in [-0.05, 0) is 39.8 Å². The fourth-order valence-electron chi connectivity index (χ4n) is 1.25. The Balaban J connectivity index is 2.58. The zero-order valence-electron chi connectivity index (χ0n) is 12.0. The smallest absolute Gasteiger partial charge is 0.258 e. The summed E-state index contributed by atoms with van der Waals surface area (Å²) in [4.78, 5) is 11.8. The predicted molar refractivity (Wildman–Crippen MR) is 80.5 cm³/mol. The molecule has 0 heterocycles. The van der Waals surface area contributed by atoms with E-state index in [9.17, 15) is 9.90 Å². The highest BCUT2D eigenvalue weighted by atomic mass is 35.5. The molecule has 1 aromatic carbocycles. The van der Waals surface area contributed by atoms with Crippen molar-refractivity contribution in [3.63, 3.8) is 0 Å². The maximum Gasteiger partial charge on any atom is 0.258 e. The summed E-state index contributed by atoms with van der Waals surface area (Å²) in [6.45, 7) is 6.58. The first-order chi connectivity index (χ1) is 9.03. The molecule has 1 aromatic rings. The van der Waals surface area contributed by atoms with E-state index in [4.69, 9.17) is 27.9 Å². The molecule has 20 heavy (non-hydrogen) atoms. The van der Waals surface area contributed by atoms with E-state index in [1.807, 2.05) is 0 Å². The van der Waals surface area contributed by atoms with Crippen LogP contribution in [0.5, 0.6) is 5.75 Å². The number of ether oxygens (including phenoxy) is 1. The molecule has 0 aliphatic carbocycles. The lowest BCUT2D eigenvalue weighted by Gasteiger charge is -2.37. The number of rotatable bonds is 5. The average molecular weight is 320 g/mol. The van der Waals surface area contributed by atoms with Gasteiger partial charge in [0.25, 0.3) is 5.91 Å². The molecule has 0 bridgehead atoms. The molecular weight excluding hydrogens is 301 g/mol. The topological polar surface area (TPSA) is 58.6 Å². The lowest BCUT2D eigenvalue weighted by molar-refractivity contribution is -0.128. The highest BCUT2D eigenvalue weighted by Gasteiger charge is 2.36. The minimum Gasteiger partial charge on any atom is -0.484 e. The molecule has 0 radical (unpaired) electrons. The van der Waals surface area contributed by atoms with Gasteiger partial charge in [0.15, 0.2) is 6.61 Å². The van der Waals surface area contributed by atoms with Crippen LogP contribution in [0.1, 0.15) is 27.7 Å². The van der Waals surface area contributed by atoms with Gasteiger partial charge in [-0.15, -0.1) is 0 Å². The Morgan fingerprint density at radius 1 is 1.25 bits per heavy atom. The van der Waals surface area contributed by atoms with Crippen LogP contribution in [0.15, 0.2) is 18.2 Å². The summed E-state index contributed by atoms with van der Waals surface area (Å²) in [7, 11) is 0. The first kappa shape index (κ1) is 17.1. The first-order valence-corrected chi connectivity index (χ1v) is 6.90. The van der Waals surface area contributed by atoms with Crippen molar-refractivity contribution in [1.29, 1.82) is 0 Å². The molecule has 0 unspecified atom stereocenters. The van der Waals surface area contributed by atoms with E-state index >= 15 is 0 Å². The number of aliphatic hydroxyl groups is 1. The number of amides is 1. The van der Waals surface area contributed by atoms with Crippen molar-refractivity contribution in [2.45, 2.75) is 38.8 Å². The maximum absolute atomic E-state index is 11.8. The zero-order valence-corrected chi connectivity index (χ0v) is 13.5. The van der Waals surface area contributed by atoms with Crippen molar-refractivity contribution in [3.05, 3.63) is 28.2 Å². The molecule has 2 N–H and O–H groups in total. The van der Waals surface area contributed by atoms with Gasteiger partial charge >= 0.3 is 0 Å². The molecule has 0 spiro atoms. The zero-order chi connectivity index (χ0) is 15.6. The minimum atomic E-state index is -1.05. The van der Waals surface area contributed by atoms with Crippen molar-refractivity contribution in [2.75, 3.05) is 6.61 Å². The number of benzene rings is 1. The van der Waals surface area contributed by atoms with E-state index in [1.54, 1.807) is 39.8 Å². The van der Waals surface area contributed by atoms with Crippen LogP contribution in [-0.4, -0.2) is 28.8 Å². The third-order valence-corrected chi connectivity index (χ3v) is 3.98. The van der Waals surface area contributed by atoms with Crippen LogP contribution in [0.25, 0.3) is 0 Å². The number of nitrogens with one attached hydrogen (secondary N) is 1. The van der Waals surface area contributed by atoms with Crippen LogP contribution >= 0.6 is 23.2 Å². The molecule has 112 valence electrons. The number of hydrogen-bond acceptors (Lipinski definition) is 3. The molecule has 0 aromatic heterocycles. The third-order valence-electron chi connectivity index (χ3n) is 3.24. The van der Waals surface area contributed by atoms with Gasteiger partial charge in [0.2, 0.25) is 0 Å². The van der Waals surface area contributed by atoms with Crippen LogP contribution < -0.4 is 10.1 Å². The van der Waals surface area contributed by atoms with Gasteiger partial charge in [-0.1, -0.05) is 23.2 Å². The summed E-state index contributed by atoms with van der Waals surface area (Å²) in [5.74, 6) is 0.124. The highest BCUT2D eigenvalue weighted by molar-refractivity contribution is 6.42. The Labute approximate surface area is 129 Å². The van der Waals surface area contributed by atoms with Crippen molar-refractivity contribution < 1.29 is 14.6 Å². The van der Waals surface area contributed by atoms with Gasteiger partial charge in [-0.2, -0.15) is 0 Å². The Morgan fingerprint density at radius 3 is 2.35 bits per heavy atom. The Morgan fingerprint density at radius 2 is 1.85 bits per heavy atom. The van der Waals surface area contributed by atoms with Crippen molar-refractivity contribution >= 4 is 29.1 Å². The van der Waals surface area contributed by atoms with Crippen LogP contribution in [-0.2, 0) is 4.79 Å². The lowest BCUT2D eigenvalue weighted by atomic mass is 9.86. The van der Waals surface area contributed by atoms with Gasteiger partial charge in [0.1, 0.15) is 5.75 Å². The Hall–Kier alpha value is -0.970. The lowest BCUT2D eigenvalue weighted by Crippen LogP contribution is -2.58. The third kappa shape index (κ3) is 4.54. The number of carbonyl (C=O) groups excluding carboxylic acids is 1. The normalized spacial score (nSPS) is 12.2. The van der Waals surface area contributed by atoms with Gasteiger partial charge in [0.05, 0.1) is 21.2 Å². The standard InChI is InChI=1S/C14H19Cl2NO3/c1-13(2,14(3,4)19)17-12(18)8-20-9-5-6-10(15)11(16)7-9/h5-7,19H,8H2,1-4H3,(H,17,18). The first-order valence-electron chi connectivity index (χ1n) is 6.14. The number of carbonyl (C=O) groups is 1. The van der Waals surface area contributed by atoms with E-state index in [0.29, 0.717) is 15.8 Å². The summed E-state index contributed by atoms with van der Waals surface area (Å²) >= 11 is 11.6. The fraction of sp³-hybridized carbons (Fsp3) is 0.500. The molecule has 4 nitrogen and oxygen atoms in total. The van der Waals surface area contributed by atoms with Gasteiger partial charge in [-0.25, -0.2) is 0 Å². The Bertz CT molecular complexity index is 496. The molecule has 1 amide bonds. The largest absolute Gasteiger partial charge is 0.484 e. The highest BCUT2D eigenvalue weighted by Crippen LogP contribution is 2.26. The van der Waals surface area contributed by atoms with E-state index in [0.717, 1.165) is 0 Å². The van der Waals surface area contributed by atoms with Gasteiger partial charge in [-0.3, -0.25) is 4.79 Å². The van der Waals surface area contributed by atoms with Crippen molar-refractivity contribution in [3.8, 4) is 5.75 Å². The van der Waals surface area contributed by atoms with E-state index in [2.05, 4.69) is 5.32 Å². The molecule has 6 heteroatoms. The van der Waals surface area contributed by atoms with Crippen LogP contribution in [0.3, 0.4) is 0 Å². The average Bonchev–Trinajstić information content (AvgIpc) is 2.28. The molecule has 1 rings (SSSR count). The van der Waals surface area contributed by atoms with Crippen LogP contribution in [0.4, 0.5) is 0 Å². The molecule has 0 atom stereocenters. The van der Waals surface area contributed by atoms with Gasteiger partial charge in [0, 0.05) is 6.07 Å². The second-order valence-electron chi connectivity index (χ2n) is 5.60. The molecule has 0 saturated carbocycles.